The maximum absolute atomic E-state index is 11.1. The molecule has 96 valence electrons. The van der Waals surface area contributed by atoms with Crippen molar-refractivity contribution in [3.8, 4) is 5.75 Å². The number of Topliss-reactive ketones (excluding diaryl/α,β-unsaturated/α-hetero) is 1. The van der Waals surface area contributed by atoms with Crippen LogP contribution in [0.2, 0.25) is 0 Å². The SMILES string of the molecule is COc1ccc2c(CCC(C)=O)c(C)n(C)c2c1. The van der Waals surface area contributed by atoms with E-state index in [1.54, 1.807) is 14.0 Å². The van der Waals surface area contributed by atoms with E-state index in [-0.39, 0.29) is 5.78 Å². The number of methoxy groups -OCH3 is 1. The summed E-state index contributed by atoms with van der Waals surface area (Å²) in [5.74, 6) is 1.10. The van der Waals surface area contributed by atoms with Crippen molar-refractivity contribution in [2.45, 2.75) is 26.7 Å². The summed E-state index contributed by atoms with van der Waals surface area (Å²) in [4.78, 5) is 11.1. The normalized spacial score (nSPS) is 10.9. The van der Waals surface area contributed by atoms with E-state index in [4.69, 9.17) is 4.74 Å². The molecule has 0 atom stereocenters. The van der Waals surface area contributed by atoms with Crippen LogP contribution in [0.1, 0.15) is 24.6 Å². The molecule has 0 spiro atoms. The van der Waals surface area contributed by atoms with E-state index >= 15 is 0 Å². The Bertz CT molecular complexity index is 596. The van der Waals surface area contributed by atoms with Crippen molar-refractivity contribution in [3.05, 3.63) is 29.5 Å². The Labute approximate surface area is 107 Å². The number of hydrogen-bond acceptors (Lipinski definition) is 2. The number of carbonyl (C=O) groups is 1. The number of nitrogens with zero attached hydrogens (tertiary/aromatic N) is 1. The number of ether oxygens (including phenoxy) is 1. The van der Waals surface area contributed by atoms with Gasteiger partial charge in [0.2, 0.25) is 0 Å². The Balaban J connectivity index is 2.52. The van der Waals surface area contributed by atoms with Crippen LogP contribution in [0.5, 0.6) is 5.75 Å². The molecule has 3 nitrogen and oxygen atoms in total. The Hall–Kier alpha value is -1.77. The second-order valence-corrected chi connectivity index (χ2v) is 4.71. The first-order chi connectivity index (χ1) is 8.54. The number of fused-ring (bicyclic) bond motifs is 1. The molecule has 1 aromatic carbocycles. The summed E-state index contributed by atoms with van der Waals surface area (Å²) in [6.45, 7) is 3.74. The van der Waals surface area contributed by atoms with Crippen LogP contribution in [-0.4, -0.2) is 17.5 Å². The van der Waals surface area contributed by atoms with Crippen molar-refractivity contribution in [2.24, 2.45) is 7.05 Å². The third-order valence-electron chi connectivity index (χ3n) is 3.56. The van der Waals surface area contributed by atoms with E-state index < -0.39 is 0 Å². The lowest BCUT2D eigenvalue weighted by atomic mass is 10.0. The molecule has 0 saturated heterocycles. The number of aromatic nitrogens is 1. The second-order valence-electron chi connectivity index (χ2n) is 4.71. The van der Waals surface area contributed by atoms with Gasteiger partial charge in [-0.2, -0.15) is 0 Å². The zero-order valence-electron chi connectivity index (χ0n) is 11.4. The summed E-state index contributed by atoms with van der Waals surface area (Å²) in [6, 6.07) is 6.09. The fourth-order valence-electron chi connectivity index (χ4n) is 2.37. The van der Waals surface area contributed by atoms with Gasteiger partial charge in [-0.15, -0.1) is 0 Å². The van der Waals surface area contributed by atoms with Crippen molar-refractivity contribution in [3.63, 3.8) is 0 Å². The summed E-state index contributed by atoms with van der Waals surface area (Å²) in [6.07, 6.45) is 1.41. The lowest BCUT2D eigenvalue weighted by Gasteiger charge is -2.01. The van der Waals surface area contributed by atoms with Gasteiger partial charge in [0.15, 0.2) is 0 Å². The molecule has 18 heavy (non-hydrogen) atoms. The second kappa shape index (κ2) is 4.84. The van der Waals surface area contributed by atoms with Crippen LogP contribution in [-0.2, 0) is 18.3 Å². The van der Waals surface area contributed by atoms with Gasteiger partial charge in [-0.05, 0) is 38.0 Å². The predicted molar refractivity (Wildman–Crippen MR) is 73.2 cm³/mol. The van der Waals surface area contributed by atoms with Crippen molar-refractivity contribution in [1.82, 2.24) is 4.57 Å². The van der Waals surface area contributed by atoms with Crippen LogP contribution in [0.15, 0.2) is 18.2 Å². The van der Waals surface area contributed by atoms with Gasteiger partial charge < -0.3 is 14.1 Å². The molecule has 0 aliphatic carbocycles. The maximum Gasteiger partial charge on any atom is 0.130 e. The van der Waals surface area contributed by atoms with Crippen LogP contribution in [0.3, 0.4) is 0 Å². The smallest absolute Gasteiger partial charge is 0.130 e. The molecule has 0 radical (unpaired) electrons. The number of rotatable bonds is 4. The maximum atomic E-state index is 11.1. The Morgan fingerprint density at radius 2 is 2.11 bits per heavy atom. The van der Waals surface area contributed by atoms with Crippen molar-refractivity contribution in [2.75, 3.05) is 7.11 Å². The Morgan fingerprint density at radius 3 is 2.72 bits per heavy atom. The minimum Gasteiger partial charge on any atom is -0.497 e. The molecule has 0 amide bonds. The van der Waals surface area contributed by atoms with Gasteiger partial charge in [0.25, 0.3) is 0 Å². The van der Waals surface area contributed by atoms with Crippen molar-refractivity contribution >= 4 is 16.7 Å². The molecule has 1 aromatic heterocycles. The molecule has 0 unspecified atom stereocenters. The Kier molecular flexibility index (Phi) is 3.41. The van der Waals surface area contributed by atoms with E-state index in [0.29, 0.717) is 6.42 Å². The number of ketones is 1. The number of benzene rings is 1. The lowest BCUT2D eigenvalue weighted by molar-refractivity contribution is -0.116. The zero-order valence-corrected chi connectivity index (χ0v) is 11.4. The molecular formula is C15H19NO2. The molecule has 2 rings (SSSR count). The van der Waals surface area contributed by atoms with Crippen molar-refractivity contribution in [1.29, 1.82) is 0 Å². The third-order valence-corrected chi connectivity index (χ3v) is 3.56. The van der Waals surface area contributed by atoms with Gasteiger partial charge >= 0.3 is 0 Å². The van der Waals surface area contributed by atoms with Gasteiger partial charge in [-0.25, -0.2) is 0 Å². The molecular weight excluding hydrogens is 226 g/mol. The van der Waals surface area contributed by atoms with Crippen LogP contribution in [0.4, 0.5) is 0 Å². The van der Waals surface area contributed by atoms with Crippen LogP contribution in [0.25, 0.3) is 10.9 Å². The highest BCUT2D eigenvalue weighted by Crippen LogP contribution is 2.29. The summed E-state index contributed by atoms with van der Waals surface area (Å²) in [5.41, 5.74) is 3.65. The van der Waals surface area contributed by atoms with Gasteiger partial charge in [-0.3, -0.25) is 0 Å². The van der Waals surface area contributed by atoms with Gasteiger partial charge in [0.05, 0.1) is 12.6 Å². The van der Waals surface area contributed by atoms with Crippen LogP contribution in [0, 0.1) is 6.92 Å². The monoisotopic (exact) mass is 245 g/mol. The number of aryl methyl sites for hydroxylation is 2. The first kappa shape index (κ1) is 12.7. The topological polar surface area (TPSA) is 31.2 Å². The largest absolute Gasteiger partial charge is 0.497 e. The predicted octanol–water partition coefficient (Wildman–Crippen LogP) is 3.02. The molecule has 0 bridgehead atoms. The highest BCUT2D eigenvalue weighted by Gasteiger charge is 2.12. The minimum atomic E-state index is 0.236. The summed E-state index contributed by atoms with van der Waals surface area (Å²) >= 11 is 0. The van der Waals surface area contributed by atoms with Crippen LogP contribution >= 0.6 is 0 Å². The quantitative estimate of drug-likeness (QED) is 0.829. The number of carbonyl (C=O) groups excluding carboxylic acids is 1. The average Bonchev–Trinajstić information content (AvgIpc) is 2.59. The third kappa shape index (κ3) is 2.13. The van der Waals surface area contributed by atoms with E-state index in [2.05, 4.69) is 17.6 Å². The molecule has 0 aliphatic rings. The fourth-order valence-corrected chi connectivity index (χ4v) is 2.37. The fraction of sp³-hybridized carbons (Fsp3) is 0.400. The van der Waals surface area contributed by atoms with E-state index in [0.717, 1.165) is 17.7 Å². The van der Waals surface area contributed by atoms with E-state index in [1.807, 2.05) is 19.2 Å². The van der Waals surface area contributed by atoms with Gasteiger partial charge in [0.1, 0.15) is 11.5 Å². The summed E-state index contributed by atoms with van der Waals surface area (Å²) < 4.78 is 7.42. The highest BCUT2D eigenvalue weighted by molar-refractivity contribution is 5.87. The standard InChI is InChI=1S/C15H19NO2/c1-10(17)5-7-13-11(2)16(3)15-9-12(18-4)6-8-14(13)15/h6,8-9H,5,7H2,1-4H3. The summed E-state index contributed by atoms with van der Waals surface area (Å²) in [5, 5.41) is 1.22. The molecule has 0 aliphatic heterocycles. The first-order valence-corrected chi connectivity index (χ1v) is 6.16. The number of hydrogen-bond donors (Lipinski definition) is 0. The molecule has 1 heterocycles. The molecule has 0 N–H and O–H groups in total. The van der Waals surface area contributed by atoms with E-state index in [9.17, 15) is 4.79 Å². The van der Waals surface area contributed by atoms with Gasteiger partial charge in [0, 0.05) is 30.6 Å². The molecule has 0 fully saturated rings. The van der Waals surface area contributed by atoms with E-state index in [1.165, 1.54) is 16.6 Å². The Morgan fingerprint density at radius 1 is 1.39 bits per heavy atom. The highest BCUT2D eigenvalue weighted by atomic mass is 16.5. The summed E-state index contributed by atoms with van der Waals surface area (Å²) in [7, 11) is 3.72. The first-order valence-electron chi connectivity index (χ1n) is 6.16. The average molecular weight is 245 g/mol. The van der Waals surface area contributed by atoms with Crippen LogP contribution < -0.4 is 4.74 Å². The van der Waals surface area contributed by atoms with Crippen molar-refractivity contribution < 1.29 is 9.53 Å². The molecule has 3 heteroatoms. The minimum absolute atomic E-state index is 0.236. The van der Waals surface area contributed by atoms with Gasteiger partial charge in [-0.1, -0.05) is 0 Å². The lowest BCUT2D eigenvalue weighted by Crippen LogP contribution is -1.96. The zero-order chi connectivity index (χ0) is 13.3. The molecule has 0 saturated carbocycles. The molecule has 2 aromatic rings.